The lowest BCUT2D eigenvalue weighted by Gasteiger charge is -2.29. The van der Waals surface area contributed by atoms with Crippen LogP contribution < -0.4 is 15.0 Å². The van der Waals surface area contributed by atoms with E-state index in [-0.39, 0.29) is 17.7 Å². The zero-order chi connectivity index (χ0) is 21.5. The number of carbonyl (C=O) groups excluding carboxylic acids is 1. The number of halogens is 1. The summed E-state index contributed by atoms with van der Waals surface area (Å²) in [6.07, 6.45) is 0. The van der Waals surface area contributed by atoms with E-state index in [1.54, 1.807) is 6.07 Å². The predicted octanol–water partition coefficient (Wildman–Crippen LogP) is 3.52. The van der Waals surface area contributed by atoms with Gasteiger partial charge in [0.1, 0.15) is 0 Å². The van der Waals surface area contributed by atoms with Gasteiger partial charge in [0.25, 0.3) is 0 Å². The van der Waals surface area contributed by atoms with E-state index in [1.165, 1.54) is 13.2 Å². The third-order valence-corrected chi connectivity index (χ3v) is 5.45. The van der Waals surface area contributed by atoms with E-state index in [0.717, 1.165) is 43.2 Å². The van der Waals surface area contributed by atoms with E-state index in [2.05, 4.69) is 10.2 Å². The van der Waals surface area contributed by atoms with Gasteiger partial charge in [-0.15, -0.1) is 0 Å². The molecule has 1 heterocycles. The Labute approximate surface area is 177 Å². The number of amides is 1. The van der Waals surface area contributed by atoms with Crippen LogP contribution in [0.5, 0.6) is 5.75 Å². The van der Waals surface area contributed by atoms with Gasteiger partial charge in [-0.1, -0.05) is 13.0 Å². The predicted molar refractivity (Wildman–Crippen MR) is 117 cm³/mol. The smallest absolute Gasteiger partial charge is 0.241 e. The molecular formula is C23H30FN3O3. The van der Waals surface area contributed by atoms with Crippen LogP contribution in [0, 0.1) is 5.82 Å². The lowest BCUT2D eigenvalue weighted by Crippen LogP contribution is -2.41. The number of nitrogens with zero attached hydrogens (tertiary/aromatic N) is 2. The van der Waals surface area contributed by atoms with Crippen molar-refractivity contribution in [1.29, 1.82) is 0 Å². The SMILES string of the molecule is CCN(Cc1ccc(OC)c(F)c1)[C@@H](C)C(=O)Nc1ccc(N2CCOCC2)cc1. The first-order valence-corrected chi connectivity index (χ1v) is 10.3. The Morgan fingerprint density at radius 2 is 1.93 bits per heavy atom. The Morgan fingerprint density at radius 3 is 2.53 bits per heavy atom. The van der Waals surface area contributed by atoms with Crippen molar-refractivity contribution in [2.24, 2.45) is 0 Å². The molecule has 30 heavy (non-hydrogen) atoms. The van der Waals surface area contributed by atoms with Crippen molar-refractivity contribution in [3.63, 3.8) is 0 Å². The normalized spacial score (nSPS) is 15.2. The summed E-state index contributed by atoms with van der Waals surface area (Å²) in [5.74, 6) is -0.276. The van der Waals surface area contributed by atoms with Gasteiger partial charge in [0.05, 0.1) is 26.4 Å². The largest absolute Gasteiger partial charge is 0.494 e. The van der Waals surface area contributed by atoms with E-state index < -0.39 is 5.82 Å². The number of rotatable bonds is 8. The summed E-state index contributed by atoms with van der Waals surface area (Å²) < 4.78 is 24.3. The first-order valence-electron chi connectivity index (χ1n) is 10.3. The average molecular weight is 416 g/mol. The average Bonchev–Trinajstić information content (AvgIpc) is 2.78. The zero-order valence-electron chi connectivity index (χ0n) is 17.9. The molecule has 1 atom stereocenters. The number of methoxy groups -OCH3 is 1. The lowest BCUT2D eigenvalue weighted by molar-refractivity contribution is -0.120. The number of carbonyl (C=O) groups is 1. The molecule has 1 aliphatic rings. The molecule has 3 rings (SSSR count). The van der Waals surface area contributed by atoms with E-state index in [0.29, 0.717) is 13.1 Å². The summed E-state index contributed by atoms with van der Waals surface area (Å²) in [6, 6.07) is 12.4. The summed E-state index contributed by atoms with van der Waals surface area (Å²) in [7, 11) is 1.44. The number of nitrogens with one attached hydrogen (secondary N) is 1. The first-order chi connectivity index (χ1) is 14.5. The van der Waals surface area contributed by atoms with Crippen molar-refractivity contribution in [3.05, 3.63) is 53.8 Å². The molecule has 1 fully saturated rings. The van der Waals surface area contributed by atoms with Crippen LogP contribution >= 0.6 is 0 Å². The quantitative estimate of drug-likeness (QED) is 0.715. The van der Waals surface area contributed by atoms with Crippen LogP contribution in [0.2, 0.25) is 0 Å². The molecule has 1 N–H and O–H groups in total. The number of anilines is 2. The van der Waals surface area contributed by atoms with Crippen LogP contribution in [0.3, 0.4) is 0 Å². The number of hydrogen-bond donors (Lipinski definition) is 1. The van der Waals surface area contributed by atoms with Gasteiger partial charge in [0, 0.05) is 31.0 Å². The van der Waals surface area contributed by atoms with Crippen molar-refractivity contribution in [3.8, 4) is 5.75 Å². The van der Waals surface area contributed by atoms with Crippen LogP contribution in [0.15, 0.2) is 42.5 Å². The number of hydrogen-bond acceptors (Lipinski definition) is 5. The molecule has 162 valence electrons. The third-order valence-electron chi connectivity index (χ3n) is 5.45. The molecule has 7 heteroatoms. The molecule has 0 aliphatic carbocycles. The topological polar surface area (TPSA) is 54.0 Å². The molecule has 1 amide bonds. The molecule has 1 saturated heterocycles. The number of likely N-dealkylation sites (N-methyl/N-ethyl adjacent to an activating group) is 1. The highest BCUT2D eigenvalue weighted by Gasteiger charge is 2.21. The molecule has 0 aromatic heterocycles. The van der Waals surface area contributed by atoms with Gasteiger partial charge in [-0.2, -0.15) is 0 Å². The first kappa shape index (κ1) is 22.1. The van der Waals surface area contributed by atoms with E-state index in [9.17, 15) is 9.18 Å². The molecule has 2 aromatic rings. The fraction of sp³-hybridized carbons (Fsp3) is 0.435. The maximum atomic E-state index is 14.0. The van der Waals surface area contributed by atoms with Gasteiger partial charge < -0.3 is 19.7 Å². The third kappa shape index (κ3) is 5.49. The molecule has 0 spiro atoms. The Bertz CT molecular complexity index is 838. The van der Waals surface area contributed by atoms with Crippen molar-refractivity contribution in [1.82, 2.24) is 4.90 Å². The maximum Gasteiger partial charge on any atom is 0.241 e. The second-order valence-electron chi connectivity index (χ2n) is 7.34. The highest BCUT2D eigenvalue weighted by Crippen LogP contribution is 2.21. The Kier molecular flexibility index (Phi) is 7.65. The van der Waals surface area contributed by atoms with Gasteiger partial charge in [-0.05, 0) is 55.4 Å². The maximum absolute atomic E-state index is 14.0. The fourth-order valence-electron chi connectivity index (χ4n) is 3.56. The van der Waals surface area contributed by atoms with Gasteiger partial charge in [-0.25, -0.2) is 4.39 Å². The molecular weight excluding hydrogens is 385 g/mol. The van der Waals surface area contributed by atoms with E-state index in [1.807, 2.05) is 49.1 Å². The highest BCUT2D eigenvalue weighted by molar-refractivity contribution is 5.94. The van der Waals surface area contributed by atoms with Crippen LogP contribution in [-0.4, -0.2) is 56.8 Å². The lowest BCUT2D eigenvalue weighted by atomic mass is 10.1. The molecule has 1 aliphatic heterocycles. The minimum Gasteiger partial charge on any atom is -0.494 e. The van der Waals surface area contributed by atoms with Crippen molar-refractivity contribution < 1.29 is 18.7 Å². The van der Waals surface area contributed by atoms with Crippen LogP contribution in [0.25, 0.3) is 0 Å². The molecule has 0 saturated carbocycles. The number of ether oxygens (including phenoxy) is 2. The molecule has 6 nitrogen and oxygen atoms in total. The van der Waals surface area contributed by atoms with Gasteiger partial charge >= 0.3 is 0 Å². The second kappa shape index (κ2) is 10.4. The van der Waals surface area contributed by atoms with Gasteiger partial charge in [0.2, 0.25) is 5.91 Å². The van der Waals surface area contributed by atoms with Crippen LogP contribution in [0.4, 0.5) is 15.8 Å². The van der Waals surface area contributed by atoms with Gasteiger partial charge in [0.15, 0.2) is 11.6 Å². The van der Waals surface area contributed by atoms with E-state index in [4.69, 9.17) is 9.47 Å². The van der Waals surface area contributed by atoms with Crippen molar-refractivity contribution >= 4 is 17.3 Å². The van der Waals surface area contributed by atoms with Crippen molar-refractivity contribution in [2.75, 3.05) is 50.2 Å². The van der Waals surface area contributed by atoms with Gasteiger partial charge in [-0.3, -0.25) is 9.69 Å². The Morgan fingerprint density at radius 1 is 1.23 bits per heavy atom. The number of morpholine rings is 1. The number of benzene rings is 2. The molecule has 0 radical (unpaired) electrons. The van der Waals surface area contributed by atoms with Crippen LogP contribution in [-0.2, 0) is 16.1 Å². The molecule has 0 unspecified atom stereocenters. The summed E-state index contributed by atoms with van der Waals surface area (Å²) >= 11 is 0. The standard InChI is InChI=1S/C23H30FN3O3/c1-4-26(16-18-5-10-22(29-3)21(24)15-18)17(2)23(28)25-19-6-8-20(9-7-19)27-11-13-30-14-12-27/h5-10,15,17H,4,11-14,16H2,1-3H3,(H,25,28)/t17-/m0/s1. The van der Waals surface area contributed by atoms with E-state index >= 15 is 0 Å². The Balaban J connectivity index is 1.59. The second-order valence-corrected chi connectivity index (χ2v) is 7.34. The zero-order valence-corrected chi connectivity index (χ0v) is 17.9. The summed E-state index contributed by atoms with van der Waals surface area (Å²) in [6.45, 7) is 8.21. The summed E-state index contributed by atoms with van der Waals surface area (Å²) in [5.41, 5.74) is 2.68. The minimum atomic E-state index is -0.400. The Hall–Kier alpha value is -2.64. The monoisotopic (exact) mass is 415 g/mol. The minimum absolute atomic E-state index is 0.0926. The summed E-state index contributed by atoms with van der Waals surface area (Å²) in [4.78, 5) is 17.1. The molecule has 2 aromatic carbocycles. The molecule has 0 bridgehead atoms. The van der Waals surface area contributed by atoms with Crippen LogP contribution in [0.1, 0.15) is 19.4 Å². The van der Waals surface area contributed by atoms with Crippen molar-refractivity contribution in [2.45, 2.75) is 26.4 Å². The fourth-order valence-corrected chi connectivity index (χ4v) is 3.56. The summed E-state index contributed by atoms with van der Waals surface area (Å²) in [5, 5.41) is 2.98. The highest BCUT2D eigenvalue weighted by atomic mass is 19.1.